The van der Waals surface area contributed by atoms with Crippen LogP contribution >= 0.6 is 12.4 Å². The van der Waals surface area contributed by atoms with Gasteiger partial charge in [-0.3, -0.25) is 9.89 Å². The Hall–Kier alpha value is -2.25. The van der Waals surface area contributed by atoms with Crippen LogP contribution in [0.25, 0.3) is 0 Å². The van der Waals surface area contributed by atoms with Crippen LogP contribution in [0.2, 0.25) is 0 Å². The van der Waals surface area contributed by atoms with Gasteiger partial charge in [0.15, 0.2) is 5.69 Å². The van der Waals surface area contributed by atoms with E-state index in [1.807, 2.05) is 0 Å². The molecular weight excluding hydrogens is 320 g/mol. The molecular formula is C15H19ClN4O3. The molecule has 3 rings (SSSR count). The van der Waals surface area contributed by atoms with Crippen LogP contribution < -0.4 is 20.1 Å². The summed E-state index contributed by atoms with van der Waals surface area (Å²) in [7, 11) is 3.13. The number of anilines is 1. The Bertz CT molecular complexity index is 702. The fourth-order valence-corrected chi connectivity index (χ4v) is 2.51. The molecule has 0 radical (unpaired) electrons. The van der Waals surface area contributed by atoms with Crippen LogP contribution in [0.5, 0.6) is 11.5 Å². The number of rotatable bonds is 4. The fraction of sp³-hybridized carbons (Fsp3) is 0.333. The van der Waals surface area contributed by atoms with Crippen molar-refractivity contribution >= 4 is 24.0 Å². The Morgan fingerprint density at radius 1 is 1.30 bits per heavy atom. The first-order chi connectivity index (χ1) is 10.7. The maximum Gasteiger partial charge on any atom is 0.276 e. The van der Waals surface area contributed by atoms with Crippen LogP contribution in [0.4, 0.5) is 5.69 Å². The third-order valence-corrected chi connectivity index (χ3v) is 3.68. The zero-order chi connectivity index (χ0) is 15.5. The van der Waals surface area contributed by atoms with E-state index in [1.165, 1.54) is 0 Å². The molecule has 7 nitrogen and oxygen atoms in total. The number of carbonyl (C=O) groups excluding carboxylic acids is 1. The number of methoxy groups -OCH3 is 2. The molecule has 0 unspecified atom stereocenters. The van der Waals surface area contributed by atoms with E-state index < -0.39 is 0 Å². The van der Waals surface area contributed by atoms with Gasteiger partial charge in [0.05, 0.1) is 19.9 Å². The van der Waals surface area contributed by atoms with E-state index >= 15 is 0 Å². The molecule has 0 saturated carbocycles. The molecule has 1 aromatic carbocycles. The summed E-state index contributed by atoms with van der Waals surface area (Å²) in [5, 5.41) is 13.2. The van der Waals surface area contributed by atoms with E-state index in [0.29, 0.717) is 29.4 Å². The number of fused-ring (bicyclic) bond motifs is 1. The second-order valence-electron chi connectivity index (χ2n) is 4.98. The molecule has 3 N–H and O–H groups in total. The number of hydrogen-bond acceptors (Lipinski definition) is 5. The summed E-state index contributed by atoms with van der Waals surface area (Å²) >= 11 is 0. The molecule has 0 spiro atoms. The van der Waals surface area contributed by atoms with Crippen molar-refractivity contribution in [1.29, 1.82) is 0 Å². The van der Waals surface area contributed by atoms with Crippen molar-refractivity contribution in [1.82, 2.24) is 15.5 Å². The van der Waals surface area contributed by atoms with Crippen molar-refractivity contribution in [3.8, 4) is 11.5 Å². The van der Waals surface area contributed by atoms with Crippen LogP contribution in [0.15, 0.2) is 18.2 Å². The Labute approximate surface area is 140 Å². The molecule has 0 aliphatic carbocycles. The molecule has 0 fully saturated rings. The average Bonchev–Trinajstić information content (AvgIpc) is 2.99. The van der Waals surface area contributed by atoms with Gasteiger partial charge in [0, 0.05) is 36.8 Å². The highest BCUT2D eigenvalue weighted by Gasteiger charge is 2.22. The molecule has 1 aliphatic heterocycles. The number of hydrogen-bond donors (Lipinski definition) is 3. The van der Waals surface area contributed by atoms with Crippen LogP contribution in [0.3, 0.4) is 0 Å². The van der Waals surface area contributed by atoms with E-state index in [2.05, 4.69) is 20.8 Å². The van der Waals surface area contributed by atoms with Gasteiger partial charge in [-0.2, -0.15) is 5.10 Å². The van der Waals surface area contributed by atoms with Gasteiger partial charge in [-0.05, 0) is 12.1 Å². The van der Waals surface area contributed by atoms with Gasteiger partial charge in [0.1, 0.15) is 11.5 Å². The molecule has 8 heteroatoms. The standard InChI is InChI=1S/C15H18N4O3.ClH/c1-21-9-3-4-13(22-2)12(7-9)17-15(20)14-10-8-16-6-5-11(10)18-19-14;/h3-4,7,16H,5-6,8H2,1-2H3,(H,17,20)(H,18,19);1H. The maximum absolute atomic E-state index is 12.5. The molecule has 23 heavy (non-hydrogen) atoms. The predicted molar refractivity (Wildman–Crippen MR) is 88.7 cm³/mol. The summed E-state index contributed by atoms with van der Waals surface area (Å²) in [4.78, 5) is 12.5. The zero-order valence-electron chi connectivity index (χ0n) is 12.9. The zero-order valence-corrected chi connectivity index (χ0v) is 13.8. The molecule has 2 aromatic rings. The van der Waals surface area contributed by atoms with Crippen molar-refractivity contribution < 1.29 is 14.3 Å². The average molecular weight is 339 g/mol. The van der Waals surface area contributed by atoms with Gasteiger partial charge in [-0.15, -0.1) is 12.4 Å². The number of aromatic nitrogens is 2. The minimum Gasteiger partial charge on any atom is -0.497 e. The number of aromatic amines is 1. The first-order valence-electron chi connectivity index (χ1n) is 7.03. The number of nitrogens with zero attached hydrogens (tertiary/aromatic N) is 1. The van der Waals surface area contributed by atoms with Gasteiger partial charge in [-0.25, -0.2) is 0 Å². The lowest BCUT2D eigenvalue weighted by Gasteiger charge is -2.14. The molecule has 1 aromatic heterocycles. The number of benzene rings is 1. The molecule has 1 aliphatic rings. The number of halogens is 1. The van der Waals surface area contributed by atoms with E-state index in [4.69, 9.17) is 9.47 Å². The highest BCUT2D eigenvalue weighted by molar-refractivity contribution is 6.05. The Morgan fingerprint density at radius 2 is 2.13 bits per heavy atom. The number of amides is 1. The first kappa shape index (κ1) is 17.1. The second-order valence-corrected chi connectivity index (χ2v) is 4.98. The van der Waals surface area contributed by atoms with E-state index in [9.17, 15) is 4.79 Å². The maximum atomic E-state index is 12.5. The highest BCUT2D eigenvalue weighted by atomic mass is 35.5. The predicted octanol–water partition coefficient (Wildman–Crippen LogP) is 1.75. The summed E-state index contributed by atoms with van der Waals surface area (Å²) in [6, 6.07) is 5.24. The first-order valence-corrected chi connectivity index (χ1v) is 7.03. The van der Waals surface area contributed by atoms with Crippen molar-refractivity contribution in [2.75, 3.05) is 26.1 Å². The minimum absolute atomic E-state index is 0. The third-order valence-electron chi connectivity index (χ3n) is 3.68. The van der Waals surface area contributed by atoms with Crippen molar-refractivity contribution in [3.63, 3.8) is 0 Å². The van der Waals surface area contributed by atoms with Crippen molar-refractivity contribution in [2.45, 2.75) is 13.0 Å². The SMILES string of the molecule is COc1ccc(OC)c(NC(=O)c2n[nH]c3c2CNCC3)c1.Cl. The van der Waals surface area contributed by atoms with Crippen molar-refractivity contribution in [2.24, 2.45) is 0 Å². The lowest BCUT2D eigenvalue weighted by molar-refractivity contribution is 0.102. The van der Waals surface area contributed by atoms with Crippen molar-refractivity contribution in [3.05, 3.63) is 35.2 Å². The Morgan fingerprint density at radius 3 is 2.87 bits per heavy atom. The van der Waals surface area contributed by atoms with Gasteiger partial charge < -0.3 is 20.1 Å². The molecule has 124 valence electrons. The number of carbonyl (C=O) groups is 1. The largest absolute Gasteiger partial charge is 0.497 e. The molecule has 0 bridgehead atoms. The van der Waals surface area contributed by atoms with Crippen LogP contribution in [-0.2, 0) is 13.0 Å². The van der Waals surface area contributed by atoms with E-state index in [-0.39, 0.29) is 18.3 Å². The smallest absolute Gasteiger partial charge is 0.276 e. The molecule has 0 saturated heterocycles. The number of nitrogens with one attached hydrogen (secondary N) is 3. The van der Waals surface area contributed by atoms with E-state index in [0.717, 1.165) is 24.2 Å². The Balaban J connectivity index is 0.00000192. The highest BCUT2D eigenvalue weighted by Crippen LogP contribution is 2.29. The third kappa shape index (κ3) is 3.40. The summed E-state index contributed by atoms with van der Waals surface area (Å²) in [5.41, 5.74) is 2.89. The summed E-state index contributed by atoms with van der Waals surface area (Å²) in [6.45, 7) is 1.53. The lowest BCUT2D eigenvalue weighted by Crippen LogP contribution is -2.25. The topological polar surface area (TPSA) is 88.3 Å². The quantitative estimate of drug-likeness (QED) is 0.790. The number of ether oxygens (including phenoxy) is 2. The normalized spacial score (nSPS) is 12.8. The molecule has 1 amide bonds. The van der Waals surface area contributed by atoms with E-state index in [1.54, 1.807) is 32.4 Å². The minimum atomic E-state index is -0.271. The van der Waals surface area contributed by atoms with Gasteiger partial charge >= 0.3 is 0 Å². The number of H-pyrrole nitrogens is 1. The molecule has 2 heterocycles. The second kappa shape index (κ2) is 7.34. The summed E-state index contributed by atoms with van der Waals surface area (Å²) < 4.78 is 10.4. The van der Waals surface area contributed by atoms with Crippen LogP contribution in [0.1, 0.15) is 21.7 Å². The fourth-order valence-electron chi connectivity index (χ4n) is 2.51. The Kier molecular flexibility index (Phi) is 5.46. The monoisotopic (exact) mass is 338 g/mol. The van der Waals surface area contributed by atoms with Gasteiger partial charge in [-0.1, -0.05) is 0 Å². The van der Waals surface area contributed by atoms with Gasteiger partial charge in [0.2, 0.25) is 0 Å². The van der Waals surface area contributed by atoms with Crippen LogP contribution in [0, 0.1) is 0 Å². The molecule has 0 atom stereocenters. The lowest BCUT2D eigenvalue weighted by atomic mass is 10.1. The summed E-state index contributed by atoms with van der Waals surface area (Å²) in [5.74, 6) is 0.936. The summed E-state index contributed by atoms with van der Waals surface area (Å²) in [6.07, 6.45) is 0.845. The van der Waals surface area contributed by atoms with Crippen LogP contribution in [-0.4, -0.2) is 36.9 Å². The van der Waals surface area contributed by atoms with Gasteiger partial charge in [0.25, 0.3) is 5.91 Å².